The lowest BCUT2D eigenvalue weighted by Crippen LogP contribution is -2.15. The fourth-order valence-electron chi connectivity index (χ4n) is 1.99. The Bertz CT molecular complexity index is 561. The number of hydrogen-bond donors (Lipinski definition) is 2. The van der Waals surface area contributed by atoms with Gasteiger partial charge in [0.05, 0.1) is 11.8 Å². The molecule has 0 bridgehead atoms. The van der Waals surface area contributed by atoms with Gasteiger partial charge >= 0.3 is 0 Å². The van der Waals surface area contributed by atoms with Gasteiger partial charge in [-0.25, -0.2) is 0 Å². The van der Waals surface area contributed by atoms with Gasteiger partial charge in [-0.3, -0.25) is 4.79 Å². The number of hydrogen-bond acceptors (Lipinski definition) is 3. The Labute approximate surface area is 112 Å². The summed E-state index contributed by atoms with van der Waals surface area (Å²) in [7, 11) is 1.88. The number of furan rings is 1. The summed E-state index contributed by atoms with van der Waals surface area (Å²) in [4.78, 5) is 12.2. The van der Waals surface area contributed by atoms with Gasteiger partial charge in [0.15, 0.2) is 0 Å². The molecule has 0 atom stereocenters. The molecule has 4 nitrogen and oxygen atoms in total. The molecule has 2 N–H and O–H groups in total. The summed E-state index contributed by atoms with van der Waals surface area (Å²) in [5.74, 6) is 0.581. The normalized spacial score (nSPS) is 10.4. The van der Waals surface area contributed by atoms with E-state index in [4.69, 9.17) is 4.42 Å². The van der Waals surface area contributed by atoms with Crippen LogP contribution in [0.5, 0.6) is 0 Å². The molecule has 1 heterocycles. The number of nitrogens with one attached hydrogen (secondary N) is 2. The SMILES string of the molecule is CCc1occc1C(=O)Nc1ccccc1CNC. The highest BCUT2D eigenvalue weighted by molar-refractivity contribution is 6.05. The summed E-state index contributed by atoms with van der Waals surface area (Å²) in [5, 5.41) is 6.02. The first-order chi connectivity index (χ1) is 9.26. The van der Waals surface area contributed by atoms with Crippen molar-refractivity contribution in [3.8, 4) is 0 Å². The molecule has 1 aromatic heterocycles. The third-order valence-electron chi connectivity index (χ3n) is 2.94. The number of rotatable bonds is 5. The number of amides is 1. The van der Waals surface area contributed by atoms with E-state index in [1.54, 1.807) is 12.3 Å². The molecule has 0 spiro atoms. The lowest BCUT2D eigenvalue weighted by atomic mass is 10.1. The molecule has 19 heavy (non-hydrogen) atoms. The van der Waals surface area contributed by atoms with Gasteiger partial charge in [0, 0.05) is 18.7 Å². The summed E-state index contributed by atoms with van der Waals surface area (Å²) in [6, 6.07) is 9.45. The Morgan fingerprint density at radius 3 is 2.79 bits per heavy atom. The Morgan fingerprint density at radius 1 is 1.26 bits per heavy atom. The predicted molar refractivity (Wildman–Crippen MR) is 75.2 cm³/mol. The molecule has 0 aliphatic carbocycles. The van der Waals surface area contributed by atoms with E-state index >= 15 is 0 Å². The molecule has 0 fully saturated rings. The average molecular weight is 258 g/mol. The predicted octanol–water partition coefficient (Wildman–Crippen LogP) is 2.81. The minimum atomic E-state index is -0.130. The van der Waals surface area contributed by atoms with Gasteiger partial charge in [0.2, 0.25) is 0 Å². The topological polar surface area (TPSA) is 54.3 Å². The van der Waals surface area contributed by atoms with Crippen molar-refractivity contribution in [1.82, 2.24) is 5.32 Å². The fourth-order valence-corrected chi connectivity index (χ4v) is 1.99. The second-order valence-electron chi connectivity index (χ2n) is 4.25. The minimum absolute atomic E-state index is 0.130. The highest BCUT2D eigenvalue weighted by Crippen LogP contribution is 2.18. The molecule has 0 saturated heterocycles. The maximum absolute atomic E-state index is 12.2. The molecule has 0 saturated carbocycles. The number of aryl methyl sites for hydroxylation is 1. The molecule has 1 aromatic carbocycles. The summed E-state index contributed by atoms with van der Waals surface area (Å²) in [5.41, 5.74) is 2.48. The second kappa shape index (κ2) is 6.20. The van der Waals surface area contributed by atoms with Crippen LogP contribution in [0.25, 0.3) is 0 Å². The van der Waals surface area contributed by atoms with Crippen LogP contribution < -0.4 is 10.6 Å². The maximum Gasteiger partial charge on any atom is 0.259 e. The van der Waals surface area contributed by atoms with Crippen LogP contribution in [0.4, 0.5) is 5.69 Å². The van der Waals surface area contributed by atoms with Gasteiger partial charge in [-0.2, -0.15) is 0 Å². The van der Waals surface area contributed by atoms with E-state index in [-0.39, 0.29) is 5.91 Å². The first kappa shape index (κ1) is 13.4. The van der Waals surface area contributed by atoms with Crippen molar-refractivity contribution in [3.05, 3.63) is 53.5 Å². The Balaban J connectivity index is 2.19. The molecular weight excluding hydrogens is 240 g/mol. The molecule has 4 heteroatoms. The van der Waals surface area contributed by atoms with E-state index < -0.39 is 0 Å². The summed E-state index contributed by atoms with van der Waals surface area (Å²) in [6.07, 6.45) is 2.25. The van der Waals surface area contributed by atoms with E-state index in [1.807, 2.05) is 38.2 Å². The number of carbonyl (C=O) groups excluding carboxylic acids is 1. The molecule has 0 aliphatic heterocycles. The van der Waals surface area contributed by atoms with Crippen LogP contribution >= 0.6 is 0 Å². The third-order valence-corrected chi connectivity index (χ3v) is 2.94. The van der Waals surface area contributed by atoms with E-state index in [9.17, 15) is 4.79 Å². The molecule has 0 radical (unpaired) electrons. The van der Waals surface area contributed by atoms with Crippen molar-refractivity contribution >= 4 is 11.6 Å². The summed E-state index contributed by atoms with van der Waals surface area (Å²) < 4.78 is 5.28. The van der Waals surface area contributed by atoms with E-state index in [1.165, 1.54) is 0 Å². The summed E-state index contributed by atoms with van der Waals surface area (Å²) >= 11 is 0. The van der Waals surface area contributed by atoms with Crippen LogP contribution in [0.3, 0.4) is 0 Å². The van der Waals surface area contributed by atoms with Gasteiger partial charge in [-0.05, 0) is 24.7 Å². The van der Waals surface area contributed by atoms with Crippen LogP contribution in [0.2, 0.25) is 0 Å². The second-order valence-corrected chi connectivity index (χ2v) is 4.25. The van der Waals surface area contributed by atoms with Crippen molar-refractivity contribution in [3.63, 3.8) is 0 Å². The van der Waals surface area contributed by atoms with Crippen LogP contribution in [0, 0.1) is 0 Å². The Morgan fingerprint density at radius 2 is 2.05 bits per heavy atom. The van der Waals surface area contributed by atoms with Gasteiger partial charge in [-0.1, -0.05) is 25.1 Å². The largest absolute Gasteiger partial charge is 0.469 e. The van der Waals surface area contributed by atoms with Gasteiger partial charge in [-0.15, -0.1) is 0 Å². The van der Waals surface area contributed by atoms with Crippen LogP contribution in [-0.2, 0) is 13.0 Å². The highest BCUT2D eigenvalue weighted by atomic mass is 16.3. The quantitative estimate of drug-likeness (QED) is 0.867. The zero-order valence-corrected chi connectivity index (χ0v) is 11.2. The lowest BCUT2D eigenvalue weighted by molar-refractivity contribution is 0.102. The Hall–Kier alpha value is -2.07. The Kier molecular flexibility index (Phi) is 4.36. The highest BCUT2D eigenvalue weighted by Gasteiger charge is 2.14. The lowest BCUT2D eigenvalue weighted by Gasteiger charge is -2.10. The molecular formula is C15H18N2O2. The van der Waals surface area contributed by atoms with Crippen molar-refractivity contribution < 1.29 is 9.21 Å². The molecule has 2 rings (SSSR count). The van der Waals surface area contributed by atoms with Crippen molar-refractivity contribution in [2.24, 2.45) is 0 Å². The monoisotopic (exact) mass is 258 g/mol. The zero-order valence-electron chi connectivity index (χ0n) is 11.2. The molecule has 2 aromatic rings. The molecule has 100 valence electrons. The zero-order chi connectivity index (χ0) is 13.7. The molecule has 0 unspecified atom stereocenters. The van der Waals surface area contributed by atoms with Gasteiger partial charge in [0.1, 0.15) is 5.76 Å². The first-order valence-electron chi connectivity index (χ1n) is 6.36. The van der Waals surface area contributed by atoms with E-state index in [2.05, 4.69) is 10.6 Å². The fraction of sp³-hybridized carbons (Fsp3) is 0.267. The van der Waals surface area contributed by atoms with Crippen LogP contribution in [-0.4, -0.2) is 13.0 Å². The summed E-state index contributed by atoms with van der Waals surface area (Å²) in [6.45, 7) is 2.67. The minimum Gasteiger partial charge on any atom is -0.469 e. The van der Waals surface area contributed by atoms with Gasteiger partial charge in [0.25, 0.3) is 5.91 Å². The maximum atomic E-state index is 12.2. The molecule has 1 amide bonds. The van der Waals surface area contributed by atoms with E-state index in [0.717, 1.165) is 11.3 Å². The van der Waals surface area contributed by atoms with Crippen molar-refractivity contribution in [2.75, 3.05) is 12.4 Å². The number of para-hydroxylation sites is 1. The number of benzene rings is 1. The average Bonchev–Trinajstić information content (AvgIpc) is 2.89. The van der Waals surface area contributed by atoms with Gasteiger partial charge < -0.3 is 15.1 Å². The smallest absolute Gasteiger partial charge is 0.259 e. The van der Waals surface area contributed by atoms with E-state index in [0.29, 0.717) is 24.3 Å². The number of anilines is 1. The van der Waals surface area contributed by atoms with Crippen molar-refractivity contribution in [2.45, 2.75) is 19.9 Å². The number of carbonyl (C=O) groups is 1. The van der Waals surface area contributed by atoms with Crippen LogP contribution in [0.1, 0.15) is 28.6 Å². The van der Waals surface area contributed by atoms with Crippen molar-refractivity contribution in [1.29, 1.82) is 0 Å². The van der Waals surface area contributed by atoms with Crippen LogP contribution in [0.15, 0.2) is 41.0 Å². The standard InChI is InChI=1S/C15H18N2O2/c1-3-14-12(8-9-19-14)15(18)17-13-7-5-4-6-11(13)10-16-2/h4-9,16H,3,10H2,1-2H3,(H,17,18). The first-order valence-corrected chi connectivity index (χ1v) is 6.36. The molecule has 0 aliphatic rings. The third kappa shape index (κ3) is 3.03.